The summed E-state index contributed by atoms with van der Waals surface area (Å²) in [6, 6.07) is 14.1. The van der Waals surface area contributed by atoms with Crippen LogP contribution in [0, 0.1) is 5.82 Å². The number of hydrogen-bond donors (Lipinski definition) is 0. The van der Waals surface area contributed by atoms with Gasteiger partial charge in [0.1, 0.15) is 12.4 Å². The van der Waals surface area contributed by atoms with Crippen LogP contribution in [0.25, 0.3) is 10.2 Å². The van der Waals surface area contributed by atoms with E-state index in [0.29, 0.717) is 31.3 Å². The van der Waals surface area contributed by atoms with Gasteiger partial charge in [-0.15, -0.1) is 11.3 Å². The third kappa shape index (κ3) is 5.91. The molecule has 5 rings (SSSR count). The first-order chi connectivity index (χ1) is 17.2. The molecule has 35 heavy (non-hydrogen) atoms. The topological polar surface area (TPSA) is 81.4 Å². The highest BCUT2D eigenvalue weighted by Gasteiger charge is 2.31. The van der Waals surface area contributed by atoms with Crippen LogP contribution in [0.1, 0.15) is 60.4 Å². The lowest BCUT2D eigenvalue weighted by Crippen LogP contribution is -2.39. The average Bonchev–Trinajstić information content (AvgIpc) is 3.52. The second kappa shape index (κ2) is 11.0. The molecule has 1 saturated heterocycles. The van der Waals surface area contributed by atoms with Gasteiger partial charge in [-0.1, -0.05) is 29.4 Å². The van der Waals surface area contributed by atoms with Crippen molar-refractivity contribution in [2.45, 2.75) is 57.8 Å². The lowest BCUT2D eigenvalue weighted by atomic mass is 10.0. The molecule has 0 spiro atoms. The molecule has 9 heteroatoms. The maximum absolute atomic E-state index is 13.1. The number of rotatable bonds is 9. The Morgan fingerprint density at radius 3 is 2.83 bits per heavy atom. The van der Waals surface area contributed by atoms with Crippen molar-refractivity contribution in [2.75, 3.05) is 6.54 Å². The molecule has 1 fully saturated rings. The molecule has 1 aliphatic heterocycles. The molecular weight excluding hydrogens is 467 g/mol. The highest BCUT2D eigenvalue weighted by Crippen LogP contribution is 2.30. The van der Waals surface area contributed by atoms with Gasteiger partial charge in [-0.25, -0.2) is 9.37 Å². The Morgan fingerprint density at radius 2 is 1.97 bits per heavy atom. The first kappa shape index (κ1) is 23.6. The van der Waals surface area contributed by atoms with Gasteiger partial charge in [-0.3, -0.25) is 4.79 Å². The molecule has 0 aliphatic carbocycles. The molecule has 0 N–H and O–H groups in total. The highest BCUT2D eigenvalue weighted by molar-refractivity contribution is 7.18. The number of hydrogen-bond acceptors (Lipinski definition) is 7. The molecule has 2 aromatic carbocycles. The van der Waals surface area contributed by atoms with Crippen LogP contribution in [-0.4, -0.2) is 32.5 Å². The van der Waals surface area contributed by atoms with E-state index in [0.717, 1.165) is 48.2 Å². The Bertz CT molecular complexity index is 1240. The van der Waals surface area contributed by atoms with Gasteiger partial charge in [0.2, 0.25) is 5.91 Å². The number of nitrogens with zero attached hydrogens (tertiary/aromatic N) is 4. The summed E-state index contributed by atoms with van der Waals surface area (Å²) >= 11 is 1.69. The van der Waals surface area contributed by atoms with E-state index in [-0.39, 0.29) is 24.4 Å². The number of aromatic nitrogens is 3. The molecule has 3 heterocycles. The van der Waals surface area contributed by atoms with Crippen molar-refractivity contribution in [2.24, 2.45) is 0 Å². The minimum Gasteiger partial charge on any atom is -0.367 e. The fraction of sp³-hybridized carbons (Fsp3) is 0.385. The molecular formula is C26H27FN4O3S. The Morgan fingerprint density at radius 1 is 1.11 bits per heavy atom. The van der Waals surface area contributed by atoms with Crippen molar-refractivity contribution in [3.8, 4) is 0 Å². The molecule has 1 atom stereocenters. The molecule has 0 radical (unpaired) electrons. The third-order valence-electron chi connectivity index (χ3n) is 6.13. The van der Waals surface area contributed by atoms with E-state index < -0.39 is 0 Å². The fourth-order valence-corrected chi connectivity index (χ4v) is 5.37. The van der Waals surface area contributed by atoms with E-state index in [9.17, 15) is 9.18 Å². The molecule has 4 aromatic rings. The standard InChI is InChI=1S/C26H27FN4O3S/c27-19-13-11-18(12-14-19)16-33-17-23-29-26(30-34-23)21-7-3-4-15-31(21)25(32)10-5-9-24-28-20-6-1-2-8-22(20)35-24/h1-2,6,8,11-14,21H,3-5,7,9-10,15-17H2. The zero-order valence-corrected chi connectivity index (χ0v) is 20.2. The van der Waals surface area contributed by atoms with Crippen molar-refractivity contribution >= 4 is 27.5 Å². The Hall–Kier alpha value is -3.17. The number of amides is 1. The quantitative estimate of drug-likeness (QED) is 0.301. The van der Waals surface area contributed by atoms with Crippen molar-refractivity contribution in [3.63, 3.8) is 0 Å². The number of ether oxygens (including phenoxy) is 1. The van der Waals surface area contributed by atoms with E-state index in [4.69, 9.17) is 9.26 Å². The molecule has 2 aromatic heterocycles. The predicted octanol–water partition coefficient (Wildman–Crippen LogP) is 5.61. The number of benzene rings is 2. The number of thiazole rings is 1. The fourth-order valence-electron chi connectivity index (χ4n) is 4.36. The predicted molar refractivity (Wildman–Crippen MR) is 130 cm³/mol. The summed E-state index contributed by atoms with van der Waals surface area (Å²) in [6.07, 6.45) is 4.84. The van der Waals surface area contributed by atoms with Gasteiger partial charge in [-0.05, 0) is 61.9 Å². The van der Waals surface area contributed by atoms with Crippen molar-refractivity contribution in [1.82, 2.24) is 20.0 Å². The zero-order valence-electron chi connectivity index (χ0n) is 19.4. The van der Waals surface area contributed by atoms with Gasteiger partial charge < -0.3 is 14.2 Å². The second-order valence-corrected chi connectivity index (χ2v) is 9.81. The lowest BCUT2D eigenvalue weighted by molar-refractivity contribution is -0.135. The van der Waals surface area contributed by atoms with Gasteiger partial charge >= 0.3 is 0 Å². The van der Waals surface area contributed by atoms with Gasteiger partial charge in [0.25, 0.3) is 5.89 Å². The second-order valence-electron chi connectivity index (χ2n) is 8.69. The summed E-state index contributed by atoms with van der Waals surface area (Å²) in [6.45, 7) is 1.18. The molecule has 1 amide bonds. The molecule has 182 valence electrons. The van der Waals surface area contributed by atoms with E-state index >= 15 is 0 Å². The van der Waals surface area contributed by atoms with Crippen molar-refractivity contribution < 1.29 is 18.4 Å². The molecule has 0 bridgehead atoms. The largest absolute Gasteiger partial charge is 0.367 e. The number of aryl methyl sites for hydroxylation is 1. The van der Waals surface area contributed by atoms with E-state index in [1.165, 1.54) is 16.8 Å². The lowest BCUT2D eigenvalue weighted by Gasteiger charge is -2.33. The van der Waals surface area contributed by atoms with Crippen molar-refractivity contribution in [1.29, 1.82) is 0 Å². The highest BCUT2D eigenvalue weighted by atomic mass is 32.1. The maximum Gasteiger partial charge on any atom is 0.252 e. The molecule has 1 aliphatic rings. The van der Waals surface area contributed by atoms with E-state index in [1.54, 1.807) is 23.5 Å². The zero-order chi connectivity index (χ0) is 24.0. The number of para-hydroxylation sites is 1. The number of carbonyl (C=O) groups excluding carboxylic acids is 1. The summed E-state index contributed by atoms with van der Waals surface area (Å²) in [5.41, 5.74) is 1.88. The third-order valence-corrected chi connectivity index (χ3v) is 7.23. The Kier molecular flexibility index (Phi) is 7.44. The summed E-state index contributed by atoms with van der Waals surface area (Å²) in [5.74, 6) is 0.744. The van der Waals surface area contributed by atoms with Crippen LogP contribution in [0.4, 0.5) is 4.39 Å². The number of piperidine rings is 1. The Labute approximate surface area is 206 Å². The van der Waals surface area contributed by atoms with Crippen LogP contribution < -0.4 is 0 Å². The van der Waals surface area contributed by atoms with Crippen LogP contribution in [0.5, 0.6) is 0 Å². The molecule has 1 unspecified atom stereocenters. The Balaban J connectivity index is 1.14. The van der Waals surface area contributed by atoms with Gasteiger partial charge in [0.05, 0.1) is 27.9 Å². The van der Waals surface area contributed by atoms with Gasteiger partial charge in [-0.2, -0.15) is 4.98 Å². The number of carbonyl (C=O) groups is 1. The van der Waals surface area contributed by atoms with Crippen molar-refractivity contribution in [3.05, 3.63) is 76.6 Å². The normalized spacial score (nSPS) is 16.1. The van der Waals surface area contributed by atoms with Crippen LogP contribution in [0.15, 0.2) is 53.1 Å². The van der Waals surface area contributed by atoms with Crippen LogP contribution in [0.2, 0.25) is 0 Å². The minimum absolute atomic E-state index is 0.120. The van der Waals surface area contributed by atoms with Gasteiger partial charge in [0, 0.05) is 13.0 Å². The minimum atomic E-state index is -0.279. The monoisotopic (exact) mass is 494 g/mol. The number of likely N-dealkylation sites (tertiary alicyclic amines) is 1. The smallest absolute Gasteiger partial charge is 0.252 e. The van der Waals surface area contributed by atoms with Crippen LogP contribution in [0.3, 0.4) is 0 Å². The summed E-state index contributed by atoms with van der Waals surface area (Å²) in [7, 11) is 0. The van der Waals surface area contributed by atoms with Gasteiger partial charge in [0.15, 0.2) is 5.82 Å². The maximum atomic E-state index is 13.1. The number of fused-ring (bicyclic) bond motifs is 1. The first-order valence-electron chi connectivity index (χ1n) is 11.9. The SMILES string of the molecule is O=C(CCCc1nc2ccccc2s1)N1CCCCC1c1noc(COCc2ccc(F)cc2)n1. The first-order valence-corrected chi connectivity index (χ1v) is 12.8. The summed E-state index contributed by atoms with van der Waals surface area (Å²) < 4.78 is 25.2. The summed E-state index contributed by atoms with van der Waals surface area (Å²) in [5, 5.41) is 5.21. The average molecular weight is 495 g/mol. The van der Waals surface area contributed by atoms with E-state index in [2.05, 4.69) is 21.2 Å². The number of halogens is 1. The summed E-state index contributed by atoms with van der Waals surface area (Å²) in [4.78, 5) is 24.1. The van der Waals surface area contributed by atoms with Crippen LogP contribution >= 0.6 is 11.3 Å². The van der Waals surface area contributed by atoms with E-state index in [1.807, 2.05) is 23.1 Å². The molecule has 0 saturated carbocycles. The molecule has 7 nitrogen and oxygen atoms in total. The van der Waals surface area contributed by atoms with Crippen LogP contribution in [-0.2, 0) is 29.2 Å².